The SMILES string of the molecule is C#CCNC(=NCc1ccc(C(F)(F)F)cc1)NCC.I. The van der Waals surface area contributed by atoms with E-state index in [2.05, 4.69) is 21.5 Å². The average molecular weight is 411 g/mol. The largest absolute Gasteiger partial charge is 0.416 e. The summed E-state index contributed by atoms with van der Waals surface area (Å²) in [7, 11) is 0. The van der Waals surface area contributed by atoms with Crippen LogP contribution in [0.2, 0.25) is 0 Å². The fourth-order valence-corrected chi connectivity index (χ4v) is 1.45. The molecule has 0 amide bonds. The first-order valence-electron chi connectivity index (χ1n) is 6.09. The maximum absolute atomic E-state index is 12.4. The minimum absolute atomic E-state index is 0. The lowest BCUT2D eigenvalue weighted by Crippen LogP contribution is -2.37. The number of rotatable bonds is 4. The van der Waals surface area contributed by atoms with Gasteiger partial charge in [0.15, 0.2) is 5.96 Å². The van der Waals surface area contributed by atoms with Crippen molar-refractivity contribution in [1.29, 1.82) is 0 Å². The molecule has 116 valence electrons. The number of nitrogens with one attached hydrogen (secondary N) is 2. The molecule has 3 nitrogen and oxygen atoms in total. The Morgan fingerprint density at radius 2 is 1.86 bits per heavy atom. The van der Waals surface area contributed by atoms with Gasteiger partial charge >= 0.3 is 6.18 Å². The molecule has 0 aromatic heterocycles. The maximum atomic E-state index is 12.4. The Morgan fingerprint density at radius 1 is 1.24 bits per heavy atom. The first kappa shape index (κ1) is 19.6. The van der Waals surface area contributed by atoms with Gasteiger partial charge in [0.2, 0.25) is 0 Å². The molecule has 2 N–H and O–H groups in total. The molecule has 0 aliphatic heterocycles. The number of guanidine groups is 1. The molecule has 0 aliphatic rings. The molecule has 21 heavy (non-hydrogen) atoms. The Morgan fingerprint density at radius 3 is 2.33 bits per heavy atom. The van der Waals surface area contributed by atoms with Crippen molar-refractivity contribution in [3.63, 3.8) is 0 Å². The Kier molecular flexibility index (Phi) is 8.85. The van der Waals surface area contributed by atoms with Crippen LogP contribution >= 0.6 is 24.0 Å². The average Bonchev–Trinajstić information content (AvgIpc) is 2.41. The molecular weight excluding hydrogens is 394 g/mol. The number of hydrogen-bond acceptors (Lipinski definition) is 1. The summed E-state index contributed by atoms with van der Waals surface area (Å²) in [6.45, 7) is 3.19. The molecule has 1 aromatic rings. The molecule has 1 aromatic carbocycles. The third kappa shape index (κ3) is 7.22. The zero-order chi connectivity index (χ0) is 15.0. The van der Waals surface area contributed by atoms with E-state index in [0.717, 1.165) is 12.1 Å². The second-order valence-corrected chi connectivity index (χ2v) is 3.95. The molecule has 0 saturated heterocycles. The number of benzene rings is 1. The van der Waals surface area contributed by atoms with Gasteiger partial charge in [-0.15, -0.1) is 30.4 Å². The predicted octanol–water partition coefficient (Wildman–Crippen LogP) is 3.01. The normalized spacial score (nSPS) is 11.3. The van der Waals surface area contributed by atoms with Crippen LogP contribution in [0.25, 0.3) is 0 Å². The van der Waals surface area contributed by atoms with Crippen LogP contribution in [0.1, 0.15) is 18.1 Å². The Balaban J connectivity index is 0.00000400. The fraction of sp³-hybridized carbons (Fsp3) is 0.357. The van der Waals surface area contributed by atoms with Crippen molar-refractivity contribution in [3.8, 4) is 12.3 Å². The van der Waals surface area contributed by atoms with Crippen LogP contribution < -0.4 is 10.6 Å². The lowest BCUT2D eigenvalue weighted by Gasteiger charge is -2.09. The number of halogens is 4. The zero-order valence-corrected chi connectivity index (χ0v) is 13.8. The molecule has 0 radical (unpaired) electrons. The van der Waals surface area contributed by atoms with Crippen LogP contribution in [0.15, 0.2) is 29.3 Å². The quantitative estimate of drug-likeness (QED) is 0.346. The van der Waals surface area contributed by atoms with Crippen molar-refractivity contribution in [1.82, 2.24) is 10.6 Å². The monoisotopic (exact) mass is 411 g/mol. The smallest absolute Gasteiger partial charge is 0.357 e. The zero-order valence-electron chi connectivity index (χ0n) is 11.5. The number of terminal acetylenes is 1. The summed E-state index contributed by atoms with van der Waals surface area (Å²) in [5.41, 5.74) is 0.0264. The predicted molar refractivity (Wildman–Crippen MR) is 88.5 cm³/mol. The maximum Gasteiger partial charge on any atom is 0.416 e. The summed E-state index contributed by atoms with van der Waals surface area (Å²) < 4.78 is 37.2. The second kappa shape index (κ2) is 9.50. The number of hydrogen-bond donors (Lipinski definition) is 2. The molecule has 0 fully saturated rings. The van der Waals surface area contributed by atoms with E-state index in [1.165, 1.54) is 12.1 Å². The minimum Gasteiger partial charge on any atom is -0.357 e. The van der Waals surface area contributed by atoms with Crippen LogP contribution in [0.3, 0.4) is 0 Å². The van der Waals surface area contributed by atoms with E-state index < -0.39 is 11.7 Å². The van der Waals surface area contributed by atoms with Gasteiger partial charge in [0.25, 0.3) is 0 Å². The minimum atomic E-state index is -4.31. The summed E-state index contributed by atoms with van der Waals surface area (Å²) in [4.78, 5) is 4.23. The van der Waals surface area contributed by atoms with Crippen LogP contribution in [-0.2, 0) is 12.7 Å². The summed E-state index contributed by atoms with van der Waals surface area (Å²) in [6, 6.07) is 4.92. The lowest BCUT2D eigenvalue weighted by atomic mass is 10.1. The fourth-order valence-electron chi connectivity index (χ4n) is 1.45. The first-order chi connectivity index (χ1) is 9.47. The van der Waals surface area contributed by atoms with E-state index in [0.29, 0.717) is 24.6 Å². The molecule has 7 heteroatoms. The summed E-state index contributed by atoms with van der Waals surface area (Å²) in [5, 5.41) is 5.89. The van der Waals surface area contributed by atoms with E-state index in [4.69, 9.17) is 6.42 Å². The molecule has 0 spiro atoms. The van der Waals surface area contributed by atoms with Crippen LogP contribution in [0, 0.1) is 12.3 Å². The van der Waals surface area contributed by atoms with E-state index in [9.17, 15) is 13.2 Å². The highest BCUT2D eigenvalue weighted by molar-refractivity contribution is 14.0. The van der Waals surface area contributed by atoms with Crippen LogP contribution in [0.5, 0.6) is 0 Å². The number of nitrogens with zero attached hydrogens (tertiary/aromatic N) is 1. The van der Waals surface area contributed by atoms with Crippen LogP contribution in [-0.4, -0.2) is 19.0 Å². The van der Waals surface area contributed by atoms with Gasteiger partial charge in [0, 0.05) is 6.54 Å². The summed E-state index contributed by atoms with van der Waals surface area (Å²) in [6.07, 6.45) is 0.821. The third-order valence-electron chi connectivity index (χ3n) is 2.40. The molecule has 0 unspecified atom stereocenters. The van der Waals surface area contributed by atoms with Gasteiger partial charge in [0.1, 0.15) is 0 Å². The van der Waals surface area contributed by atoms with Gasteiger partial charge in [-0.2, -0.15) is 13.2 Å². The molecular formula is C14H17F3IN3. The number of aliphatic imine (C=N–C) groups is 1. The molecule has 0 saturated carbocycles. The van der Waals surface area contributed by atoms with Crippen molar-refractivity contribution >= 4 is 29.9 Å². The Hall–Kier alpha value is -1.43. The summed E-state index contributed by atoms with van der Waals surface area (Å²) >= 11 is 0. The third-order valence-corrected chi connectivity index (χ3v) is 2.40. The topological polar surface area (TPSA) is 36.4 Å². The van der Waals surface area contributed by atoms with E-state index in [-0.39, 0.29) is 30.5 Å². The highest BCUT2D eigenvalue weighted by atomic mass is 127. The van der Waals surface area contributed by atoms with Gasteiger partial charge in [-0.05, 0) is 24.6 Å². The molecule has 0 bridgehead atoms. The molecule has 0 aliphatic carbocycles. The van der Waals surface area contributed by atoms with Gasteiger partial charge < -0.3 is 10.6 Å². The van der Waals surface area contributed by atoms with Gasteiger partial charge in [-0.3, -0.25) is 0 Å². The van der Waals surface area contributed by atoms with Gasteiger partial charge in [-0.25, -0.2) is 4.99 Å². The summed E-state index contributed by atoms with van der Waals surface area (Å²) in [5.74, 6) is 2.95. The van der Waals surface area contributed by atoms with Crippen LogP contribution in [0.4, 0.5) is 13.2 Å². The van der Waals surface area contributed by atoms with Crippen molar-refractivity contribution in [2.45, 2.75) is 19.6 Å². The van der Waals surface area contributed by atoms with Crippen molar-refractivity contribution in [2.75, 3.05) is 13.1 Å². The molecule has 0 atom stereocenters. The van der Waals surface area contributed by atoms with Crippen molar-refractivity contribution < 1.29 is 13.2 Å². The Bertz CT molecular complexity index is 490. The first-order valence-corrected chi connectivity index (χ1v) is 6.09. The van der Waals surface area contributed by atoms with Crippen molar-refractivity contribution in [2.24, 2.45) is 4.99 Å². The van der Waals surface area contributed by atoms with E-state index >= 15 is 0 Å². The van der Waals surface area contributed by atoms with Gasteiger partial charge in [0.05, 0.1) is 18.7 Å². The Labute approximate surface area is 139 Å². The van der Waals surface area contributed by atoms with E-state index in [1.807, 2.05) is 6.92 Å². The highest BCUT2D eigenvalue weighted by Gasteiger charge is 2.29. The second-order valence-electron chi connectivity index (χ2n) is 3.95. The molecule has 1 rings (SSSR count). The van der Waals surface area contributed by atoms with Gasteiger partial charge in [-0.1, -0.05) is 18.1 Å². The highest BCUT2D eigenvalue weighted by Crippen LogP contribution is 2.29. The number of alkyl halides is 3. The van der Waals surface area contributed by atoms with E-state index in [1.54, 1.807) is 0 Å². The van der Waals surface area contributed by atoms with Crippen molar-refractivity contribution in [3.05, 3.63) is 35.4 Å². The lowest BCUT2D eigenvalue weighted by molar-refractivity contribution is -0.137. The molecule has 0 heterocycles. The standard InChI is InChI=1S/C14H16F3N3.HI/c1-3-9-19-13(18-4-2)20-10-11-5-7-12(8-6-11)14(15,16)17;/h1,5-8H,4,9-10H2,2H3,(H2,18,19,20);1H.